The number of sulfone groups is 1. The Morgan fingerprint density at radius 1 is 1.38 bits per heavy atom. The van der Waals surface area contributed by atoms with E-state index in [-0.39, 0.29) is 23.5 Å². The Labute approximate surface area is 119 Å². The van der Waals surface area contributed by atoms with Crippen LogP contribution in [-0.4, -0.2) is 30.4 Å². The summed E-state index contributed by atoms with van der Waals surface area (Å²) in [5.74, 6) is 0.159. The minimum absolute atomic E-state index is 0.112. The van der Waals surface area contributed by atoms with E-state index in [2.05, 4.69) is 9.97 Å². The largest absolute Gasteiger partial charge is 0.416 e. The number of alkyl halides is 3. The van der Waals surface area contributed by atoms with E-state index in [0.717, 1.165) is 18.4 Å². The van der Waals surface area contributed by atoms with Gasteiger partial charge in [0.2, 0.25) is 0 Å². The van der Waals surface area contributed by atoms with E-state index in [0.29, 0.717) is 5.52 Å². The summed E-state index contributed by atoms with van der Waals surface area (Å²) in [4.78, 5) is 6.81. The van der Waals surface area contributed by atoms with Crippen LogP contribution in [0.25, 0.3) is 11.0 Å². The Kier molecular flexibility index (Phi) is 3.98. The van der Waals surface area contributed by atoms with Crippen LogP contribution >= 0.6 is 0 Å². The van der Waals surface area contributed by atoms with Crippen LogP contribution in [0, 0.1) is 0 Å². The molecule has 0 saturated carbocycles. The summed E-state index contributed by atoms with van der Waals surface area (Å²) >= 11 is 0. The normalized spacial score (nSPS) is 14.5. The molecular formula is C12H14F3N3O2S. The van der Waals surface area contributed by atoms with Crippen LogP contribution in [-0.2, 0) is 16.0 Å². The fourth-order valence-electron chi connectivity index (χ4n) is 1.86. The lowest BCUT2D eigenvalue weighted by Gasteiger charge is -2.07. The Morgan fingerprint density at radius 3 is 2.62 bits per heavy atom. The van der Waals surface area contributed by atoms with E-state index in [1.54, 1.807) is 0 Å². The van der Waals surface area contributed by atoms with Crippen molar-refractivity contribution in [1.82, 2.24) is 9.97 Å². The monoisotopic (exact) mass is 321 g/mol. The zero-order valence-electron chi connectivity index (χ0n) is 11.1. The number of nitrogens with one attached hydrogen (secondary N) is 1. The summed E-state index contributed by atoms with van der Waals surface area (Å²) in [5, 5.41) is 0. The average Bonchev–Trinajstić information content (AvgIpc) is 2.76. The summed E-state index contributed by atoms with van der Waals surface area (Å²) in [6.45, 7) is 0. The second-order valence-electron chi connectivity index (χ2n) is 4.88. The molecule has 1 aromatic heterocycles. The van der Waals surface area contributed by atoms with E-state index in [4.69, 9.17) is 5.73 Å². The number of hydrogen-bond donors (Lipinski definition) is 2. The van der Waals surface area contributed by atoms with Gasteiger partial charge in [-0.3, -0.25) is 0 Å². The van der Waals surface area contributed by atoms with Crippen molar-refractivity contribution < 1.29 is 21.6 Å². The molecule has 0 amide bonds. The molecule has 0 aliphatic heterocycles. The van der Waals surface area contributed by atoms with E-state index in [1.165, 1.54) is 6.07 Å². The first-order valence-electron chi connectivity index (χ1n) is 6.06. The lowest BCUT2D eigenvalue weighted by molar-refractivity contribution is -0.137. The molecule has 1 aromatic carbocycles. The molecule has 2 aromatic rings. The molecule has 0 aliphatic carbocycles. The Bertz CT molecular complexity index is 753. The zero-order valence-corrected chi connectivity index (χ0v) is 11.9. The van der Waals surface area contributed by atoms with Gasteiger partial charge in [-0.1, -0.05) is 0 Å². The number of fused-ring (bicyclic) bond motifs is 1. The molecular weight excluding hydrogens is 307 g/mol. The molecule has 21 heavy (non-hydrogen) atoms. The van der Waals surface area contributed by atoms with Gasteiger partial charge in [-0.2, -0.15) is 13.2 Å². The van der Waals surface area contributed by atoms with Crippen LogP contribution < -0.4 is 5.73 Å². The second kappa shape index (κ2) is 5.30. The van der Waals surface area contributed by atoms with Crippen molar-refractivity contribution in [2.24, 2.45) is 5.73 Å². The highest BCUT2D eigenvalue weighted by Crippen LogP contribution is 2.31. The van der Waals surface area contributed by atoms with Gasteiger partial charge in [-0.15, -0.1) is 0 Å². The van der Waals surface area contributed by atoms with Gasteiger partial charge in [0.25, 0.3) is 0 Å². The topological polar surface area (TPSA) is 88.8 Å². The molecule has 1 unspecified atom stereocenters. The highest BCUT2D eigenvalue weighted by Gasteiger charge is 2.30. The van der Waals surface area contributed by atoms with Gasteiger partial charge in [0.15, 0.2) is 0 Å². The van der Waals surface area contributed by atoms with E-state index < -0.39 is 27.6 Å². The molecule has 0 spiro atoms. The van der Waals surface area contributed by atoms with E-state index in [1.807, 2.05) is 0 Å². The molecule has 5 nitrogen and oxygen atoms in total. The molecule has 0 aliphatic rings. The number of benzene rings is 1. The number of nitrogens with two attached hydrogens (primary N) is 1. The Hall–Kier alpha value is -1.61. The number of aromatic nitrogens is 2. The molecule has 9 heteroatoms. The maximum atomic E-state index is 12.6. The van der Waals surface area contributed by atoms with Crippen molar-refractivity contribution >= 4 is 20.9 Å². The molecule has 116 valence electrons. The van der Waals surface area contributed by atoms with Gasteiger partial charge in [-0.25, -0.2) is 13.4 Å². The number of rotatable bonds is 4. The zero-order chi connectivity index (χ0) is 15.8. The molecule has 2 rings (SSSR count). The smallest absolute Gasteiger partial charge is 0.341 e. The SMILES string of the molecule is CS(=O)(=O)CCC(N)c1nc2ccc(C(F)(F)F)cc2[nH]1. The summed E-state index contributed by atoms with van der Waals surface area (Å²) in [7, 11) is -3.15. The van der Waals surface area contributed by atoms with Crippen LogP contribution in [0.3, 0.4) is 0 Å². The number of H-pyrrole nitrogens is 1. The standard InChI is InChI=1S/C12H14F3N3O2S/c1-21(19,20)5-4-8(16)11-17-9-3-2-7(12(13,14)15)6-10(9)18-11/h2-3,6,8H,4-5,16H2,1H3,(H,17,18). The fraction of sp³-hybridized carbons (Fsp3) is 0.417. The first-order chi connectivity index (χ1) is 9.56. The third-order valence-corrected chi connectivity index (χ3v) is 3.96. The van der Waals surface area contributed by atoms with Crippen LogP contribution in [0.5, 0.6) is 0 Å². The molecule has 0 saturated heterocycles. The molecule has 3 N–H and O–H groups in total. The summed E-state index contributed by atoms with van der Waals surface area (Å²) in [6, 6.07) is 2.47. The summed E-state index contributed by atoms with van der Waals surface area (Å²) < 4.78 is 60.0. The first-order valence-corrected chi connectivity index (χ1v) is 8.12. The van der Waals surface area contributed by atoms with Crippen molar-refractivity contribution in [3.63, 3.8) is 0 Å². The maximum absolute atomic E-state index is 12.6. The van der Waals surface area contributed by atoms with Gasteiger partial charge >= 0.3 is 6.18 Å². The molecule has 1 atom stereocenters. The van der Waals surface area contributed by atoms with Crippen molar-refractivity contribution in [2.45, 2.75) is 18.6 Å². The predicted molar refractivity (Wildman–Crippen MR) is 72.4 cm³/mol. The van der Waals surface area contributed by atoms with Crippen molar-refractivity contribution in [1.29, 1.82) is 0 Å². The van der Waals surface area contributed by atoms with Crippen molar-refractivity contribution in [3.05, 3.63) is 29.6 Å². The number of aromatic amines is 1. The minimum atomic E-state index is -4.43. The van der Waals surface area contributed by atoms with Crippen LogP contribution in [0.15, 0.2) is 18.2 Å². The highest BCUT2D eigenvalue weighted by molar-refractivity contribution is 7.90. The van der Waals surface area contributed by atoms with Gasteiger partial charge in [0.05, 0.1) is 28.4 Å². The molecule has 0 bridgehead atoms. The molecule has 0 radical (unpaired) electrons. The number of halogens is 3. The quantitative estimate of drug-likeness (QED) is 0.901. The van der Waals surface area contributed by atoms with Gasteiger partial charge < -0.3 is 10.7 Å². The lowest BCUT2D eigenvalue weighted by Crippen LogP contribution is -2.16. The summed E-state index contributed by atoms with van der Waals surface area (Å²) in [6.07, 6.45) is -3.20. The van der Waals surface area contributed by atoms with Crippen molar-refractivity contribution in [2.75, 3.05) is 12.0 Å². The maximum Gasteiger partial charge on any atom is 0.416 e. The Morgan fingerprint density at radius 2 is 2.05 bits per heavy atom. The van der Waals surface area contributed by atoms with Gasteiger partial charge in [0.1, 0.15) is 15.7 Å². The van der Waals surface area contributed by atoms with Gasteiger partial charge in [0, 0.05) is 6.26 Å². The number of hydrogen-bond acceptors (Lipinski definition) is 4. The van der Waals surface area contributed by atoms with E-state index in [9.17, 15) is 21.6 Å². The molecule has 1 heterocycles. The number of nitrogens with zero attached hydrogens (tertiary/aromatic N) is 1. The predicted octanol–water partition coefficient (Wildman–Crippen LogP) is 2.02. The third-order valence-electron chi connectivity index (χ3n) is 2.98. The van der Waals surface area contributed by atoms with Gasteiger partial charge in [-0.05, 0) is 24.6 Å². The third kappa shape index (κ3) is 3.94. The summed E-state index contributed by atoms with van der Waals surface area (Å²) in [5.41, 5.74) is 5.60. The van der Waals surface area contributed by atoms with E-state index >= 15 is 0 Å². The average molecular weight is 321 g/mol. The minimum Gasteiger partial charge on any atom is -0.341 e. The second-order valence-corrected chi connectivity index (χ2v) is 7.14. The Balaban J connectivity index is 2.26. The molecule has 0 fully saturated rings. The van der Waals surface area contributed by atoms with Crippen molar-refractivity contribution in [3.8, 4) is 0 Å². The van der Waals surface area contributed by atoms with Crippen LogP contribution in [0.1, 0.15) is 23.9 Å². The van der Waals surface area contributed by atoms with Crippen LogP contribution in [0.4, 0.5) is 13.2 Å². The number of imidazole rings is 1. The first kappa shape index (κ1) is 15.8. The fourth-order valence-corrected chi connectivity index (χ4v) is 2.54. The highest BCUT2D eigenvalue weighted by atomic mass is 32.2. The lowest BCUT2D eigenvalue weighted by atomic mass is 10.2. The van der Waals surface area contributed by atoms with Crippen LogP contribution in [0.2, 0.25) is 0 Å².